The van der Waals surface area contributed by atoms with Gasteiger partial charge >= 0.3 is 0 Å². The summed E-state index contributed by atoms with van der Waals surface area (Å²) < 4.78 is 1.99. The van der Waals surface area contributed by atoms with Crippen LogP contribution in [0, 0.1) is 6.92 Å². The van der Waals surface area contributed by atoms with Gasteiger partial charge in [0.25, 0.3) is 0 Å². The molecule has 1 aromatic heterocycles. The first-order chi connectivity index (χ1) is 7.25. The van der Waals surface area contributed by atoms with Gasteiger partial charge in [0.2, 0.25) is 0 Å². The van der Waals surface area contributed by atoms with Crippen molar-refractivity contribution in [2.24, 2.45) is 7.05 Å². The normalized spacial score (nSPS) is 11.1. The van der Waals surface area contributed by atoms with Crippen molar-refractivity contribution in [2.45, 2.75) is 6.92 Å². The van der Waals surface area contributed by atoms with E-state index in [4.69, 9.17) is 0 Å². The molecule has 0 saturated carbocycles. The smallest absolute Gasteiger partial charge is 0.132 e. The highest BCUT2D eigenvalue weighted by Crippen LogP contribution is 2.07. The molecule has 0 radical (unpaired) electrons. The molecule has 0 unspecified atom stereocenters. The maximum Gasteiger partial charge on any atom is 0.132 e. The van der Waals surface area contributed by atoms with Crippen LogP contribution in [0.3, 0.4) is 0 Å². The molecule has 0 spiro atoms. The Bertz CT molecular complexity index is 464. The lowest BCUT2D eigenvalue weighted by Gasteiger charge is -1.96. The minimum Gasteiger partial charge on any atom is -0.335 e. The molecule has 0 atom stereocenters. The Labute approximate surface area is 89.9 Å². The maximum atomic E-state index is 4.22. The average Bonchev–Trinajstić information content (AvgIpc) is 2.63. The Hall–Kier alpha value is -1.83. The number of aryl methyl sites for hydroxylation is 2. The minimum absolute atomic E-state index is 0.968. The molecule has 0 saturated heterocycles. The zero-order valence-electron chi connectivity index (χ0n) is 9.01. The van der Waals surface area contributed by atoms with Crippen LogP contribution >= 0.6 is 0 Å². The molecule has 2 heteroatoms. The largest absolute Gasteiger partial charge is 0.335 e. The molecular formula is C13H14N2. The Kier molecular flexibility index (Phi) is 2.68. The van der Waals surface area contributed by atoms with E-state index in [2.05, 4.69) is 42.2 Å². The molecule has 2 rings (SSSR count). The predicted molar refractivity (Wildman–Crippen MR) is 63.3 cm³/mol. The van der Waals surface area contributed by atoms with Crippen LogP contribution in [0.2, 0.25) is 0 Å². The zero-order chi connectivity index (χ0) is 10.7. The van der Waals surface area contributed by atoms with Crippen molar-refractivity contribution in [3.63, 3.8) is 0 Å². The number of rotatable bonds is 2. The van der Waals surface area contributed by atoms with Crippen LogP contribution in [0.5, 0.6) is 0 Å². The minimum atomic E-state index is 0.968. The number of aromatic nitrogens is 2. The summed E-state index contributed by atoms with van der Waals surface area (Å²) in [5.74, 6) is 0.968. The second-order valence-electron chi connectivity index (χ2n) is 3.64. The van der Waals surface area contributed by atoms with Gasteiger partial charge in [-0.1, -0.05) is 35.9 Å². The summed E-state index contributed by atoms with van der Waals surface area (Å²) >= 11 is 0. The van der Waals surface area contributed by atoms with Crippen molar-refractivity contribution in [3.8, 4) is 0 Å². The molecule has 0 fully saturated rings. The van der Waals surface area contributed by atoms with Crippen molar-refractivity contribution >= 4 is 12.2 Å². The average molecular weight is 198 g/mol. The van der Waals surface area contributed by atoms with E-state index in [0.717, 1.165) is 5.82 Å². The quantitative estimate of drug-likeness (QED) is 0.725. The van der Waals surface area contributed by atoms with Gasteiger partial charge in [0.05, 0.1) is 0 Å². The van der Waals surface area contributed by atoms with Crippen LogP contribution in [0.4, 0.5) is 0 Å². The number of hydrogen-bond donors (Lipinski definition) is 0. The topological polar surface area (TPSA) is 17.8 Å². The van der Waals surface area contributed by atoms with Gasteiger partial charge in [0, 0.05) is 19.4 Å². The molecule has 2 aromatic rings. The number of hydrogen-bond acceptors (Lipinski definition) is 1. The van der Waals surface area contributed by atoms with Crippen LogP contribution in [-0.2, 0) is 7.05 Å². The molecule has 1 heterocycles. The highest BCUT2D eigenvalue weighted by Gasteiger charge is 1.92. The zero-order valence-corrected chi connectivity index (χ0v) is 9.01. The molecule has 0 N–H and O–H groups in total. The molecule has 0 aliphatic carbocycles. The van der Waals surface area contributed by atoms with Gasteiger partial charge in [-0.15, -0.1) is 0 Å². The maximum absolute atomic E-state index is 4.22. The van der Waals surface area contributed by atoms with Gasteiger partial charge in [-0.25, -0.2) is 4.98 Å². The van der Waals surface area contributed by atoms with Crippen LogP contribution in [0.15, 0.2) is 36.7 Å². The monoisotopic (exact) mass is 198 g/mol. The summed E-state index contributed by atoms with van der Waals surface area (Å²) in [5.41, 5.74) is 2.48. The van der Waals surface area contributed by atoms with Crippen molar-refractivity contribution in [2.75, 3.05) is 0 Å². The highest BCUT2D eigenvalue weighted by atomic mass is 15.0. The molecule has 0 amide bonds. The highest BCUT2D eigenvalue weighted by molar-refractivity contribution is 5.66. The van der Waals surface area contributed by atoms with Crippen molar-refractivity contribution in [3.05, 3.63) is 53.6 Å². The lowest BCUT2D eigenvalue weighted by molar-refractivity contribution is 0.898. The molecule has 0 aliphatic heterocycles. The lowest BCUT2D eigenvalue weighted by Crippen LogP contribution is -1.88. The van der Waals surface area contributed by atoms with E-state index in [1.165, 1.54) is 11.1 Å². The summed E-state index contributed by atoms with van der Waals surface area (Å²) in [4.78, 5) is 4.22. The van der Waals surface area contributed by atoms with E-state index in [-0.39, 0.29) is 0 Å². The number of nitrogens with zero attached hydrogens (tertiary/aromatic N) is 2. The molecule has 0 aliphatic rings. The third-order valence-electron chi connectivity index (χ3n) is 2.36. The molecule has 0 bridgehead atoms. The Balaban J connectivity index is 2.19. The molecule has 15 heavy (non-hydrogen) atoms. The second-order valence-corrected chi connectivity index (χ2v) is 3.64. The van der Waals surface area contributed by atoms with E-state index in [0.29, 0.717) is 0 Å². The Morgan fingerprint density at radius 1 is 1.13 bits per heavy atom. The van der Waals surface area contributed by atoms with Gasteiger partial charge in [-0.3, -0.25) is 0 Å². The third kappa shape index (κ3) is 2.34. The first-order valence-electron chi connectivity index (χ1n) is 4.98. The van der Waals surface area contributed by atoms with E-state index in [9.17, 15) is 0 Å². The number of imidazole rings is 1. The summed E-state index contributed by atoms with van der Waals surface area (Å²) in [6, 6.07) is 8.43. The Morgan fingerprint density at radius 3 is 2.47 bits per heavy atom. The van der Waals surface area contributed by atoms with Crippen molar-refractivity contribution < 1.29 is 0 Å². The summed E-state index contributed by atoms with van der Waals surface area (Å²) in [7, 11) is 1.99. The summed E-state index contributed by atoms with van der Waals surface area (Å²) in [6.45, 7) is 2.09. The van der Waals surface area contributed by atoms with Crippen LogP contribution < -0.4 is 0 Å². The molecule has 1 aromatic carbocycles. The third-order valence-corrected chi connectivity index (χ3v) is 2.36. The first kappa shape index (κ1) is 9.71. The van der Waals surface area contributed by atoms with Gasteiger partial charge in [-0.2, -0.15) is 0 Å². The summed E-state index contributed by atoms with van der Waals surface area (Å²) in [6.07, 6.45) is 7.83. The van der Waals surface area contributed by atoms with Gasteiger partial charge in [-0.05, 0) is 18.6 Å². The standard InChI is InChI=1S/C13H14N2/c1-11-3-5-12(6-4-11)7-8-13-14-9-10-15(13)2/h3-10H,1-2H3. The molecule has 76 valence electrons. The molecular weight excluding hydrogens is 184 g/mol. The van der Waals surface area contributed by atoms with E-state index in [1.807, 2.05) is 23.9 Å². The predicted octanol–water partition coefficient (Wildman–Crippen LogP) is 2.90. The van der Waals surface area contributed by atoms with Crippen LogP contribution in [0.25, 0.3) is 12.2 Å². The number of benzene rings is 1. The van der Waals surface area contributed by atoms with Crippen molar-refractivity contribution in [1.82, 2.24) is 9.55 Å². The first-order valence-corrected chi connectivity index (χ1v) is 4.98. The van der Waals surface area contributed by atoms with Gasteiger partial charge in [0.15, 0.2) is 0 Å². The fraction of sp³-hybridized carbons (Fsp3) is 0.154. The molecule has 2 nitrogen and oxygen atoms in total. The lowest BCUT2D eigenvalue weighted by atomic mass is 10.1. The van der Waals surface area contributed by atoms with Gasteiger partial charge < -0.3 is 4.57 Å². The van der Waals surface area contributed by atoms with Crippen molar-refractivity contribution in [1.29, 1.82) is 0 Å². The SMILES string of the molecule is Cc1ccc(C=Cc2nccn2C)cc1. The van der Waals surface area contributed by atoms with E-state index in [1.54, 1.807) is 6.20 Å². The van der Waals surface area contributed by atoms with Gasteiger partial charge in [0.1, 0.15) is 5.82 Å². The van der Waals surface area contributed by atoms with Crippen LogP contribution in [0.1, 0.15) is 17.0 Å². The fourth-order valence-corrected chi connectivity index (χ4v) is 1.39. The fourth-order valence-electron chi connectivity index (χ4n) is 1.39. The van der Waals surface area contributed by atoms with Crippen LogP contribution in [-0.4, -0.2) is 9.55 Å². The van der Waals surface area contributed by atoms with E-state index >= 15 is 0 Å². The second kappa shape index (κ2) is 4.13. The Morgan fingerprint density at radius 2 is 1.87 bits per heavy atom. The van der Waals surface area contributed by atoms with E-state index < -0.39 is 0 Å². The summed E-state index contributed by atoms with van der Waals surface area (Å²) in [5, 5.41) is 0.